The lowest BCUT2D eigenvalue weighted by Crippen LogP contribution is -2.36. The van der Waals surface area contributed by atoms with Crippen LogP contribution in [0.3, 0.4) is 0 Å². The number of carbonyl (C=O) groups is 1. The molecule has 1 saturated carbocycles. The van der Waals surface area contributed by atoms with Crippen LogP contribution in [-0.2, 0) is 10.2 Å². The lowest BCUT2D eigenvalue weighted by molar-refractivity contribution is -0.123. The van der Waals surface area contributed by atoms with Crippen molar-refractivity contribution < 1.29 is 14.6 Å². The highest BCUT2D eigenvalue weighted by atomic mass is 16.5. The molecule has 4 rings (SSSR count). The Balaban J connectivity index is 1.42. The molecular weight excluding hydrogens is 350 g/mol. The van der Waals surface area contributed by atoms with Gasteiger partial charge in [-0.25, -0.2) is 0 Å². The molecule has 0 saturated heterocycles. The first-order valence-electron chi connectivity index (χ1n) is 9.73. The molecule has 2 N–H and O–H groups in total. The number of aliphatic hydroxyl groups is 1. The van der Waals surface area contributed by atoms with E-state index in [4.69, 9.17) is 4.74 Å². The van der Waals surface area contributed by atoms with Gasteiger partial charge < -0.3 is 15.2 Å². The maximum Gasteiger partial charge on any atom is 0.230 e. The fourth-order valence-corrected chi connectivity index (χ4v) is 3.97. The smallest absolute Gasteiger partial charge is 0.230 e. The summed E-state index contributed by atoms with van der Waals surface area (Å²) in [5.41, 5.74) is 1.36. The van der Waals surface area contributed by atoms with Gasteiger partial charge in [-0.05, 0) is 41.7 Å². The summed E-state index contributed by atoms with van der Waals surface area (Å²) in [6.07, 6.45) is 1.51. The van der Waals surface area contributed by atoms with E-state index in [0.717, 1.165) is 40.5 Å². The molecule has 0 bridgehead atoms. The van der Waals surface area contributed by atoms with Crippen molar-refractivity contribution in [2.45, 2.75) is 30.8 Å². The minimum Gasteiger partial charge on any atom is -0.496 e. The summed E-state index contributed by atoms with van der Waals surface area (Å²) < 4.78 is 5.44. The molecule has 0 heterocycles. The molecule has 1 amide bonds. The number of hydrogen-bond donors (Lipinski definition) is 2. The molecule has 1 atom stereocenters. The number of nitrogens with one attached hydrogen (secondary N) is 1. The van der Waals surface area contributed by atoms with Crippen molar-refractivity contribution in [1.29, 1.82) is 0 Å². The van der Waals surface area contributed by atoms with Crippen LogP contribution in [0, 0.1) is 0 Å². The van der Waals surface area contributed by atoms with E-state index in [-0.39, 0.29) is 5.91 Å². The first kappa shape index (κ1) is 18.5. The zero-order chi connectivity index (χ0) is 19.6. The number of methoxy groups -OCH3 is 1. The van der Waals surface area contributed by atoms with E-state index in [9.17, 15) is 9.90 Å². The maximum atomic E-state index is 12.9. The molecular formula is C24H25NO3. The van der Waals surface area contributed by atoms with Gasteiger partial charge in [0, 0.05) is 12.1 Å². The van der Waals surface area contributed by atoms with Gasteiger partial charge in [0.05, 0.1) is 18.6 Å². The normalized spacial score (nSPS) is 15.8. The standard InChI is InChI=1S/C24H25NO3/c1-28-22-12-5-4-11-20(22)24(14-15-24)23(27)25-16-13-21(26)19-10-6-8-17-7-2-3-9-18(17)19/h2-12,21,26H,13-16H2,1H3,(H,25,27). The summed E-state index contributed by atoms with van der Waals surface area (Å²) >= 11 is 0. The first-order valence-corrected chi connectivity index (χ1v) is 9.73. The molecule has 1 aliphatic carbocycles. The second-order valence-electron chi connectivity index (χ2n) is 7.41. The number of amides is 1. The molecule has 0 spiro atoms. The van der Waals surface area contributed by atoms with Gasteiger partial charge in [-0.2, -0.15) is 0 Å². The Morgan fingerprint density at radius 2 is 1.79 bits per heavy atom. The average Bonchev–Trinajstić information content (AvgIpc) is 3.55. The van der Waals surface area contributed by atoms with Gasteiger partial charge in [-0.1, -0.05) is 60.7 Å². The average molecular weight is 375 g/mol. The summed E-state index contributed by atoms with van der Waals surface area (Å²) in [4.78, 5) is 12.9. The molecule has 4 nitrogen and oxygen atoms in total. The van der Waals surface area contributed by atoms with Crippen LogP contribution in [0.5, 0.6) is 5.75 Å². The van der Waals surface area contributed by atoms with Crippen molar-refractivity contribution in [3.05, 3.63) is 77.9 Å². The zero-order valence-electron chi connectivity index (χ0n) is 16.0. The Morgan fingerprint density at radius 1 is 1.07 bits per heavy atom. The molecule has 1 aliphatic rings. The van der Waals surface area contributed by atoms with E-state index in [1.54, 1.807) is 7.11 Å². The van der Waals surface area contributed by atoms with E-state index in [1.165, 1.54) is 0 Å². The number of hydrogen-bond acceptors (Lipinski definition) is 3. The third-order valence-electron chi connectivity index (χ3n) is 5.69. The summed E-state index contributed by atoms with van der Waals surface area (Å²) in [6, 6.07) is 21.7. The molecule has 3 aromatic carbocycles. The monoisotopic (exact) mass is 375 g/mol. The van der Waals surface area contributed by atoms with Gasteiger partial charge in [0.2, 0.25) is 5.91 Å². The van der Waals surface area contributed by atoms with Crippen LogP contribution in [0.25, 0.3) is 10.8 Å². The van der Waals surface area contributed by atoms with Crippen LogP contribution < -0.4 is 10.1 Å². The van der Waals surface area contributed by atoms with Crippen LogP contribution in [0.15, 0.2) is 66.7 Å². The van der Waals surface area contributed by atoms with Crippen molar-refractivity contribution in [2.75, 3.05) is 13.7 Å². The molecule has 28 heavy (non-hydrogen) atoms. The number of fused-ring (bicyclic) bond motifs is 1. The predicted molar refractivity (Wildman–Crippen MR) is 110 cm³/mol. The van der Waals surface area contributed by atoms with E-state index in [0.29, 0.717) is 13.0 Å². The minimum atomic E-state index is -0.618. The van der Waals surface area contributed by atoms with Crippen molar-refractivity contribution in [2.24, 2.45) is 0 Å². The highest BCUT2D eigenvalue weighted by molar-refractivity contribution is 5.92. The minimum absolute atomic E-state index is 0.0159. The van der Waals surface area contributed by atoms with Gasteiger partial charge in [0.25, 0.3) is 0 Å². The van der Waals surface area contributed by atoms with Crippen LogP contribution in [0.4, 0.5) is 0 Å². The fourth-order valence-electron chi connectivity index (χ4n) is 3.97. The topological polar surface area (TPSA) is 58.6 Å². The highest BCUT2D eigenvalue weighted by Crippen LogP contribution is 2.51. The Hall–Kier alpha value is -2.85. The number of carbonyl (C=O) groups excluding carboxylic acids is 1. The molecule has 1 unspecified atom stereocenters. The van der Waals surface area contributed by atoms with Crippen molar-refractivity contribution in [3.63, 3.8) is 0 Å². The Bertz CT molecular complexity index is 989. The number of benzene rings is 3. The zero-order valence-corrected chi connectivity index (χ0v) is 16.0. The number of ether oxygens (including phenoxy) is 1. The lowest BCUT2D eigenvalue weighted by Gasteiger charge is -2.19. The molecule has 4 heteroatoms. The number of para-hydroxylation sites is 1. The molecule has 0 radical (unpaired) electrons. The summed E-state index contributed by atoms with van der Waals surface area (Å²) in [6.45, 7) is 0.431. The maximum absolute atomic E-state index is 12.9. The first-order chi connectivity index (χ1) is 13.7. The largest absolute Gasteiger partial charge is 0.496 e. The van der Waals surface area contributed by atoms with Crippen molar-refractivity contribution in [3.8, 4) is 5.75 Å². The van der Waals surface area contributed by atoms with E-state index < -0.39 is 11.5 Å². The lowest BCUT2D eigenvalue weighted by atomic mass is 9.93. The summed E-state index contributed by atoms with van der Waals surface area (Å²) in [5, 5.41) is 15.9. The second-order valence-corrected chi connectivity index (χ2v) is 7.41. The Morgan fingerprint density at radius 3 is 2.57 bits per heavy atom. The molecule has 0 aliphatic heterocycles. The molecule has 144 valence electrons. The van der Waals surface area contributed by atoms with E-state index in [2.05, 4.69) is 5.32 Å². The van der Waals surface area contributed by atoms with E-state index >= 15 is 0 Å². The van der Waals surface area contributed by atoms with Gasteiger partial charge in [-0.3, -0.25) is 4.79 Å². The van der Waals surface area contributed by atoms with Crippen LogP contribution in [-0.4, -0.2) is 24.7 Å². The van der Waals surface area contributed by atoms with Crippen molar-refractivity contribution in [1.82, 2.24) is 5.32 Å². The van der Waals surface area contributed by atoms with Gasteiger partial charge in [0.1, 0.15) is 5.75 Å². The van der Waals surface area contributed by atoms with Crippen LogP contribution in [0.2, 0.25) is 0 Å². The SMILES string of the molecule is COc1ccccc1C1(C(=O)NCCC(O)c2cccc3ccccc23)CC1. The second kappa shape index (κ2) is 7.64. The number of rotatable bonds is 7. The van der Waals surface area contributed by atoms with Gasteiger partial charge >= 0.3 is 0 Å². The number of aliphatic hydroxyl groups excluding tert-OH is 1. The third kappa shape index (κ3) is 3.36. The quantitative estimate of drug-likeness (QED) is 0.653. The summed E-state index contributed by atoms with van der Waals surface area (Å²) in [7, 11) is 1.63. The van der Waals surface area contributed by atoms with Crippen LogP contribution in [0.1, 0.15) is 36.5 Å². The Kier molecular flexibility index (Phi) is 5.05. The molecule has 0 aromatic heterocycles. The molecule has 1 fully saturated rings. The fraction of sp³-hybridized carbons (Fsp3) is 0.292. The van der Waals surface area contributed by atoms with E-state index in [1.807, 2.05) is 66.7 Å². The molecule has 3 aromatic rings. The van der Waals surface area contributed by atoms with Crippen LogP contribution >= 0.6 is 0 Å². The van der Waals surface area contributed by atoms with Crippen molar-refractivity contribution >= 4 is 16.7 Å². The van der Waals surface area contributed by atoms with Gasteiger partial charge in [-0.15, -0.1) is 0 Å². The Labute approximate surface area is 165 Å². The highest BCUT2D eigenvalue weighted by Gasteiger charge is 2.52. The third-order valence-corrected chi connectivity index (χ3v) is 5.69. The predicted octanol–water partition coefficient (Wildman–Crippen LogP) is 4.12. The summed E-state index contributed by atoms with van der Waals surface area (Å²) in [5.74, 6) is 0.771. The van der Waals surface area contributed by atoms with Gasteiger partial charge in [0.15, 0.2) is 0 Å².